The Morgan fingerprint density at radius 1 is 1.25 bits per heavy atom. The van der Waals surface area contributed by atoms with E-state index in [0.29, 0.717) is 11.5 Å². The molecule has 0 bridgehead atoms. The van der Waals surface area contributed by atoms with Gasteiger partial charge in [-0.05, 0) is 30.0 Å². The quantitative estimate of drug-likeness (QED) is 0.686. The molecule has 0 radical (unpaired) electrons. The van der Waals surface area contributed by atoms with Crippen LogP contribution in [0.2, 0.25) is 0 Å². The lowest BCUT2D eigenvalue weighted by molar-refractivity contribution is 0.0472. The highest BCUT2D eigenvalue weighted by atomic mass is 16.5. The summed E-state index contributed by atoms with van der Waals surface area (Å²) in [5, 5.41) is 5.18. The summed E-state index contributed by atoms with van der Waals surface area (Å²) < 4.78 is 7.11. The zero-order valence-corrected chi connectivity index (χ0v) is 14.4. The van der Waals surface area contributed by atoms with Crippen LogP contribution in [-0.2, 0) is 18.4 Å². The van der Waals surface area contributed by atoms with Gasteiger partial charge in [-0.3, -0.25) is 4.68 Å². The molecule has 0 aliphatic heterocycles. The van der Waals surface area contributed by atoms with Crippen molar-refractivity contribution in [1.29, 1.82) is 0 Å². The lowest BCUT2D eigenvalue weighted by Gasteiger charge is -2.08. The number of nitrogens with zero attached hydrogens (tertiary/aromatic N) is 3. The Balaban J connectivity index is 1.71. The van der Waals surface area contributed by atoms with E-state index in [9.17, 15) is 4.79 Å². The number of carbonyl (C=O) groups is 1. The number of aryl methyl sites for hydroxylation is 2. The highest BCUT2D eigenvalue weighted by Crippen LogP contribution is 2.18. The third-order valence-electron chi connectivity index (χ3n) is 4.11. The zero-order valence-electron chi connectivity index (χ0n) is 14.4. The number of carbonyl (C=O) groups excluding carboxylic acids is 1. The van der Waals surface area contributed by atoms with Crippen molar-refractivity contribution in [1.82, 2.24) is 14.8 Å². The number of fused-ring (bicyclic) bond motifs is 1. The molecule has 0 spiro atoms. The summed E-state index contributed by atoms with van der Waals surface area (Å²) in [7, 11) is 1.83. The summed E-state index contributed by atoms with van der Waals surface area (Å²) in [5.41, 5.74) is 4.29. The molecule has 0 N–H and O–H groups in total. The van der Waals surface area contributed by atoms with Crippen LogP contribution in [0.3, 0.4) is 0 Å². The lowest BCUT2D eigenvalue weighted by Crippen LogP contribution is -2.06. The van der Waals surface area contributed by atoms with E-state index in [2.05, 4.69) is 36.1 Å². The molecule has 0 saturated heterocycles. The van der Waals surface area contributed by atoms with E-state index in [-0.39, 0.29) is 12.6 Å². The number of hydrogen-bond donors (Lipinski definition) is 0. The van der Waals surface area contributed by atoms with E-state index in [0.717, 1.165) is 22.3 Å². The standard InChI is InChI=1S/C19H21N3O2/c1-12(2)15-7-5-14(6-8-15)11-24-19(23)16-9-17-13(3)21-22(4)18(17)20-10-16/h5-10,12H,11H2,1-4H3. The first-order valence-electron chi connectivity index (χ1n) is 8.01. The molecular weight excluding hydrogens is 302 g/mol. The molecule has 5 nitrogen and oxygen atoms in total. The third-order valence-corrected chi connectivity index (χ3v) is 4.11. The number of esters is 1. The van der Waals surface area contributed by atoms with Gasteiger partial charge in [0.15, 0.2) is 5.65 Å². The third kappa shape index (κ3) is 3.15. The first-order chi connectivity index (χ1) is 11.5. The monoisotopic (exact) mass is 323 g/mol. The van der Waals surface area contributed by atoms with Crippen LogP contribution in [-0.4, -0.2) is 20.7 Å². The summed E-state index contributed by atoms with van der Waals surface area (Å²) in [4.78, 5) is 16.6. The summed E-state index contributed by atoms with van der Waals surface area (Å²) in [6.45, 7) is 6.45. The van der Waals surface area contributed by atoms with Crippen molar-refractivity contribution in [2.75, 3.05) is 0 Å². The van der Waals surface area contributed by atoms with Crippen molar-refractivity contribution in [2.45, 2.75) is 33.3 Å². The van der Waals surface area contributed by atoms with Gasteiger partial charge < -0.3 is 4.74 Å². The smallest absolute Gasteiger partial charge is 0.340 e. The number of pyridine rings is 1. The van der Waals surface area contributed by atoms with Gasteiger partial charge in [-0.1, -0.05) is 38.1 Å². The molecule has 0 aliphatic carbocycles. The number of aromatic nitrogens is 3. The SMILES string of the molecule is Cc1nn(C)c2ncc(C(=O)OCc3ccc(C(C)C)cc3)cc12. The second-order valence-corrected chi connectivity index (χ2v) is 6.28. The molecule has 3 rings (SSSR count). The number of hydrogen-bond acceptors (Lipinski definition) is 4. The van der Waals surface area contributed by atoms with Crippen LogP contribution < -0.4 is 0 Å². The fourth-order valence-electron chi connectivity index (χ4n) is 2.65. The molecule has 24 heavy (non-hydrogen) atoms. The molecule has 2 heterocycles. The normalized spacial score (nSPS) is 11.2. The topological polar surface area (TPSA) is 57.0 Å². The van der Waals surface area contributed by atoms with E-state index in [1.54, 1.807) is 10.7 Å². The maximum absolute atomic E-state index is 12.3. The van der Waals surface area contributed by atoms with Gasteiger partial charge in [0, 0.05) is 18.6 Å². The fourth-order valence-corrected chi connectivity index (χ4v) is 2.65. The van der Waals surface area contributed by atoms with Gasteiger partial charge in [0.2, 0.25) is 0 Å². The molecule has 3 aromatic rings. The highest BCUT2D eigenvalue weighted by Gasteiger charge is 2.13. The van der Waals surface area contributed by atoms with Crippen molar-refractivity contribution in [2.24, 2.45) is 7.05 Å². The largest absolute Gasteiger partial charge is 0.457 e. The zero-order chi connectivity index (χ0) is 17.3. The molecule has 124 valence electrons. The molecule has 0 atom stereocenters. The Bertz CT molecular complexity index is 880. The van der Waals surface area contributed by atoms with Crippen LogP contribution in [0, 0.1) is 6.92 Å². The molecule has 0 unspecified atom stereocenters. The van der Waals surface area contributed by atoms with Crippen molar-refractivity contribution in [3.63, 3.8) is 0 Å². The van der Waals surface area contributed by atoms with Crippen molar-refractivity contribution in [3.05, 3.63) is 58.9 Å². The molecular formula is C19H21N3O2. The maximum Gasteiger partial charge on any atom is 0.340 e. The Morgan fingerprint density at radius 2 is 1.96 bits per heavy atom. The average Bonchev–Trinajstić information content (AvgIpc) is 2.87. The first-order valence-corrected chi connectivity index (χ1v) is 8.01. The number of rotatable bonds is 4. The predicted octanol–water partition coefficient (Wildman–Crippen LogP) is 3.76. The Hall–Kier alpha value is -2.69. The van der Waals surface area contributed by atoms with Gasteiger partial charge in [0.25, 0.3) is 0 Å². The number of ether oxygens (including phenoxy) is 1. The maximum atomic E-state index is 12.3. The van der Waals surface area contributed by atoms with Crippen molar-refractivity contribution < 1.29 is 9.53 Å². The van der Waals surface area contributed by atoms with Gasteiger partial charge in [-0.15, -0.1) is 0 Å². The van der Waals surface area contributed by atoms with Gasteiger partial charge in [-0.25, -0.2) is 9.78 Å². The molecule has 0 saturated carbocycles. The van der Waals surface area contributed by atoms with E-state index < -0.39 is 0 Å². The summed E-state index contributed by atoms with van der Waals surface area (Å²) in [6.07, 6.45) is 1.54. The lowest BCUT2D eigenvalue weighted by atomic mass is 10.0. The molecule has 2 aromatic heterocycles. The van der Waals surface area contributed by atoms with E-state index in [1.165, 1.54) is 11.8 Å². The van der Waals surface area contributed by atoms with Crippen molar-refractivity contribution >= 4 is 17.0 Å². The van der Waals surface area contributed by atoms with E-state index in [1.807, 2.05) is 26.1 Å². The molecule has 5 heteroatoms. The predicted molar refractivity (Wildman–Crippen MR) is 92.9 cm³/mol. The molecule has 0 aliphatic rings. The summed E-state index contributed by atoms with van der Waals surface area (Å²) in [6, 6.07) is 9.92. The van der Waals surface area contributed by atoms with Crippen LogP contribution >= 0.6 is 0 Å². The van der Waals surface area contributed by atoms with Gasteiger partial charge in [0.1, 0.15) is 6.61 Å². The van der Waals surface area contributed by atoms with Crippen LogP contribution in [0.15, 0.2) is 36.5 Å². The highest BCUT2D eigenvalue weighted by molar-refractivity contribution is 5.93. The van der Waals surface area contributed by atoms with Crippen molar-refractivity contribution in [3.8, 4) is 0 Å². The Labute approximate surface area is 141 Å². The second kappa shape index (κ2) is 6.43. The minimum atomic E-state index is -0.374. The minimum absolute atomic E-state index is 0.251. The second-order valence-electron chi connectivity index (χ2n) is 6.28. The fraction of sp³-hybridized carbons (Fsp3) is 0.316. The van der Waals surface area contributed by atoms with E-state index in [4.69, 9.17) is 4.74 Å². The Kier molecular flexibility index (Phi) is 4.34. The summed E-state index contributed by atoms with van der Waals surface area (Å²) in [5.74, 6) is 0.114. The summed E-state index contributed by atoms with van der Waals surface area (Å²) >= 11 is 0. The van der Waals surface area contributed by atoms with Crippen LogP contribution in [0.5, 0.6) is 0 Å². The Morgan fingerprint density at radius 3 is 2.62 bits per heavy atom. The van der Waals surface area contributed by atoms with Crippen LogP contribution in [0.1, 0.15) is 46.9 Å². The number of benzene rings is 1. The molecule has 0 amide bonds. The van der Waals surface area contributed by atoms with Gasteiger partial charge >= 0.3 is 5.97 Å². The molecule has 0 fully saturated rings. The average molecular weight is 323 g/mol. The molecule has 1 aromatic carbocycles. The first kappa shape index (κ1) is 16.2. The van der Waals surface area contributed by atoms with Gasteiger partial charge in [0.05, 0.1) is 11.3 Å². The minimum Gasteiger partial charge on any atom is -0.457 e. The van der Waals surface area contributed by atoms with Crippen LogP contribution in [0.4, 0.5) is 0 Å². The van der Waals surface area contributed by atoms with Gasteiger partial charge in [-0.2, -0.15) is 5.10 Å². The van der Waals surface area contributed by atoms with Crippen LogP contribution in [0.25, 0.3) is 11.0 Å². The van der Waals surface area contributed by atoms with E-state index >= 15 is 0 Å².